The Balaban J connectivity index is 0.00000208. The van der Waals surface area contributed by atoms with E-state index in [0.717, 1.165) is 35.0 Å². The first kappa shape index (κ1) is 18.3. The maximum absolute atomic E-state index is 5.94. The normalized spacial score (nSPS) is 13.6. The number of hydrogen-bond donors (Lipinski definition) is 2. The lowest BCUT2D eigenvalue weighted by atomic mass is 10.3. The van der Waals surface area contributed by atoms with Crippen molar-refractivity contribution in [1.82, 2.24) is 4.98 Å². The van der Waals surface area contributed by atoms with E-state index < -0.39 is 0 Å². The number of benzene rings is 1. The van der Waals surface area contributed by atoms with Crippen LogP contribution in [0.4, 0.5) is 5.69 Å². The molecular weight excluding hydrogens is 419 g/mol. The van der Waals surface area contributed by atoms with Gasteiger partial charge in [-0.2, -0.15) is 0 Å². The zero-order chi connectivity index (χ0) is 16.1. The van der Waals surface area contributed by atoms with Crippen LogP contribution in [0.1, 0.15) is 17.8 Å². The van der Waals surface area contributed by atoms with Crippen LogP contribution in [0.3, 0.4) is 0 Å². The predicted molar refractivity (Wildman–Crippen MR) is 105 cm³/mol. The fourth-order valence-electron chi connectivity index (χ4n) is 2.28. The number of nitrogens with two attached hydrogens (primary N) is 1. The molecule has 0 bridgehead atoms. The Hall–Kier alpha value is -2.03. The molecule has 3 rings (SSSR count). The summed E-state index contributed by atoms with van der Waals surface area (Å²) in [5.41, 5.74) is 8.60. The lowest BCUT2D eigenvalue weighted by Crippen LogP contribution is -2.22. The molecular formula is C17H21IN4O2. The Kier molecular flexibility index (Phi) is 6.65. The largest absolute Gasteiger partial charge is 0.490 e. The molecule has 7 heteroatoms. The van der Waals surface area contributed by atoms with Gasteiger partial charge in [-0.15, -0.1) is 24.0 Å². The van der Waals surface area contributed by atoms with Crippen molar-refractivity contribution < 1.29 is 9.47 Å². The number of hydrogen-bond acceptors (Lipinski definition) is 4. The number of nitrogens with one attached hydrogen (secondary N) is 1. The van der Waals surface area contributed by atoms with Gasteiger partial charge in [0, 0.05) is 23.9 Å². The molecule has 3 N–H and O–H groups in total. The summed E-state index contributed by atoms with van der Waals surface area (Å²) < 4.78 is 11.3. The molecule has 0 spiro atoms. The van der Waals surface area contributed by atoms with Crippen LogP contribution in [0.15, 0.2) is 41.4 Å². The second-order valence-electron chi connectivity index (χ2n) is 5.31. The number of fused-ring (bicyclic) bond motifs is 1. The maximum atomic E-state index is 5.94. The van der Waals surface area contributed by atoms with Gasteiger partial charge in [0.1, 0.15) is 0 Å². The molecule has 1 aromatic carbocycles. The summed E-state index contributed by atoms with van der Waals surface area (Å²) in [6, 6.07) is 11.5. The number of ether oxygens (including phenoxy) is 2. The number of halogens is 1. The lowest BCUT2D eigenvalue weighted by molar-refractivity contribution is 0.297. The van der Waals surface area contributed by atoms with Crippen LogP contribution in [-0.2, 0) is 6.54 Å². The van der Waals surface area contributed by atoms with Crippen LogP contribution < -0.4 is 20.5 Å². The van der Waals surface area contributed by atoms with Crippen molar-refractivity contribution in [3.05, 3.63) is 47.8 Å². The van der Waals surface area contributed by atoms with Gasteiger partial charge in [0.25, 0.3) is 0 Å². The minimum atomic E-state index is 0. The monoisotopic (exact) mass is 440 g/mol. The third kappa shape index (κ3) is 4.98. The van der Waals surface area contributed by atoms with Gasteiger partial charge >= 0.3 is 0 Å². The topological polar surface area (TPSA) is 81.8 Å². The van der Waals surface area contributed by atoms with E-state index in [1.807, 2.05) is 43.3 Å². The van der Waals surface area contributed by atoms with Crippen molar-refractivity contribution in [2.45, 2.75) is 19.9 Å². The van der Waals surface area contributed by atoms with Crippen molar-refractivity contribution in [1.29, 1.82) is 0 Å². The number of aliphatic imine (C=N–C) groups is 1. The average Bonchev–Trinajstić information content (AvgIpc) is 2.78. The van der Waals surface area contributed by atoms with Gasteiger partial charge in [-0.25, -0.2) is 4.99 Å². The SMILES string of the molecule is Cc1cccc(CN=C(N)Nc2ccc3c(c2)OCCCO3)n1.I. The van der Waals surface area contributed by atoms with Gasteiger partial charge in [-0.3, -0.25) is 4.98 Å². The first-order valence-corrected chi connectivity index (χ1v) is 7.60. The summed E-state index contributed by atoms with van der Waals surface area (Å²) in [4.78, 5) is 8.70. The molecule has 0 amide bonds. The number of rotatable bonds is 3. The standard InChI is InChI=1S/C17H20N4O2.HI/c1-12-4-2-5-14(20-12)11-19-17(18)21-13-6-7-15-16(10-13)23-9-3-8-22-15;/h2,4-7,10H,3,8-9,11H2,1H3,(H3,18,19,21);1H. The third-order valence-electron chi connectivity index (χ3n) is 3.38. The number of nitrogens with zero attached hydrogens (tertiary/aromatic N) is 2. The minimum absolute atomic E-state index is 0. The maximum Gasteiger partial charge on any atom is 0.193 e. The Morgan fingerprint density at radius 2 is 2.00 bits per heavy atom. The van der Waals surface area contributed by atoms with Gasteiger partial charge in [-0.1, -0.05) is 6.07 Å². The summed E-state index contributed by atoms with van der Waals surface area (Å²) in [5, 5.41) is 3.06. The molecule has 0 atom stereocenters. The Morgan fingerprint density at radius 1 is 1.21 bits per heavy atom. The van der Waals surface area contributed by atoms with Crippen LogP contribution >= 0.6 is 24.0 Å². The van der Waals surface area contributed by atoms with Crippen molar-refractivity contribution >= 4 is 35.6 Å². The zero-order valence-electron chi connectivity index (χ0n) is 13.5. The van der Waals surface area contributed by atoms with Crippen molar-refractivity contribution in [2.24, 2.45) is 10.7 Å². The van der Waals surface area contributed by atoms with E-state index >= 15 is 0 Å². The molecule has 128 valence electrons. The molecule has 1 aromatic heterocycles. The van der Waals surface area contributed by atoms with E-state index in [0.29, 0.717) is 25.7 Å². The van der Waals surface area contributed by atoms with Crippen LogP contribution in [0.25, 0.3) is 0 Å². The quantitative estimate of drug-likeness (QED) is 0.436. The molecule has 0 saturated carbocycles. The van der Waals surface area contributed by atoms with Gasteiger partial charge in [0.15, 0.2) is 17.5 Å². The molecule has 6 nitrogen and oxygen atoms in total. The van der Waals surface area contributed by atoms with E-state index in [1.54, 1.807) is 0 Å². The van der Waals surface area contributed by atoms with Gasteiger partial charge < -0.3 is 20.5 Å². The van der Waals surface area contributed by atoms with Crippen LogP contribution in [0.2, 0.25) is 0 Å². The Morgan fingerprint density at radius 3 is 2.79 bits per heavy atom. The predicted octanol–water partition coefficient (Wildman–Crippen LogP) is 3.10. The summed E-state index contributed by atoms with van der Waals surface area (Å²) in [7, 11) is 0. The van der Waals surface area contributed by atoms with E-state index in [-0.39, 0.29) is 24.0 Å². The molecule has 2 aromatic rings. The number of aromatic nitrogens is 1. The van der Waals surface area contributed by atoms with E-state index in [9.17, 15) is 0 Å². The van der Waals surface area contributed by atoms with Crippen LogP contribution in [-0.4, -0.2) is 24.2 Å². The second kappa shape index (κ2) is 8.72. The Bertz CT molecular complexity index is 721. The summed E-state index contributed by atoms with van der Waals surface area (Å²) in [6.07, 6.45) is 0.879. The zero-order valence-corrected chi connectivity index (χ0v) is 15.8. The smallest absolute Gasteiger partial charge is 0.193 e. The highest BCUT2D eigenvalue weighted by atomic mass is 127. The minimum Gasteiger partial charge on any atom is -0.490 e. The molecule has 1 aliphatic heterocycles. The molecule has 24 heavy (non-hydrogen) atoms. The number of aryl methyl sites for hydroxylation is 1. The Labute approximate surface area is 158 Å². The van der Waals surface area contributed by atoms with Crippen molar-refractivity contribution in [2.75, 3.05) is 18.5 Å². The first-order valence-electron chi connectivity index (χ1n) is 7.60. The number of guanidine groups is 1. The second-order valence-corrected chi connectivity index (χ2v) is 5.31. The third-order valence-corrected chi connectivity index (χ3v) is 3.38. The average molecular weight is 440 g/mol. The first-order chi connectivity index (χ1) is 11.2. The molecule has 0 fully saturated rings. The molecule has 2 heterocycles. The van der Waals surface area contributed by atoms with Crippen molar-refractivity contribution in [3.63, 3.8) is 0 Å². The lowest BCUT2D eigenvalue weighted by Gasteiger charge is -2.10. The van der Waals surface area contributed by atoms with E-state index in [4.69, 9.17) is 15.2 Å². The van der Waals surface area contributed by atoms with Gasteiger partial charge in [0.05, 0.1) is 25.5 Å². The summed E-state index contributed by atoms with van der Waals surface area (Å²) in [6.45, 7) is 3.71. The van der Waals surface area contributed by atoms with Gasteiger partial charge in [0.2, 0.25) is 0 Å². The number of anilines is 1. The molecule has 0 aliphatic carbocycles. The molecule has 0 radical (unpaired) electrons. The van der Waals surface area contributed by atoms with Crippen LogP contribution in [0.5, 0.6) is 11.5 Å². The molecule has 0 unspecified atom stereocenters. The van der Waals surface area contributed by atoms with E-state index in [2.05, 4.69) is 15.3 Å². The fourth-order valence-corrected chi connectivity index (χ4v) is 2.28. The summed E-state index contributed by atoms with van der Waals surface area (Å²) >= 11 is 0. The highest BCUT2D eigenvalue weighted by Gasteiger charge is 2.10. The van der Waals surface area contributed by atoms with Gasteiger partial charge in [-0.05, 0) is 31.2 Å². The molecule has 1 aliphatic rings. The number of pyridine rings is 1. The van der Waals surface area contributed by atoms with Crippen molar-refractivity contribution in [3.8, 4) is 11.5 Å². The highest BCUT2D eigenvalue weighted by molar-refractivity contribution is 14.0. The molecule has 0 saturated heterocycles. The fraction of sp³-hybridized carbons (Fsp3) is 0.294. The highest BCUT2D eigenvalue weighted by Crippen LogP contribution is 2.32. The van der Waals surface area contributed by atoms with Crippen LogP contribution in [0, 0.1) is 6.92 Å². The summed E-state index contributed by atoms with van der Waals surface area (Å²) in [5.74, 6) is 1.82. The van der Waals surface area contributed by atoms with E-state index in [1.165, 1.54) is 0 Å².